The molecule has 1 atom stereocenters. The topological polar surface area (TPSA) is 44.8 Å². The number of aldehydes is 1. The van der Waals surface area contributed by atoms with Crippen LogP contribution in [0.15, 0.2) is 18.2 Å². The van der Waals surface area contributed by atoms with E-state index in [1.54, 1.807) is 13.8 Å². The Hall–Kier alpha value is -1.60. The average molecular weight is 304 g/mol. The number of alkyl halides is 3. The summed E-state index contributed by atoms with van der Waals surface area (Å²) >= 11 is 0. The monoisotopic (exact) mass is 304 g/mol. The molecule has 116 valence electrons. The van der Waals surface area contributed by atoms with Crippen LogP contribution in [0.25, 0.3) is 0 Å². The van der Waals surface area contributed by atoms with Gasteiger partial charge in [-0.2, -0.15) is 13.2 Å². The summed E-state index contributed by atoms with van der Waals surface area (Å²) < 4.78 is 54.5. The van der Waals surface area contributed by atoms with E-state index in [2.05, 4.69) is 0 Å². The maximum Gasteiger partial charge on any atom is 0.417 e. The van der Waals surface area contributed by atoms with Crippen molar-refractivity contribution in [2.75, 3.05) is 13.2 Å². The molecule has 1 aliphatic rings. The van der Waals surface area contributed by atoms with Gasteiger partial charge in [0.1, 0.15) is 18.5 Å². The minimum Gasteiger partial charge on any atom is -0.491 e. The molecule has 0 amide bonds. The zero-order valence-electron chi connectivity index (χ0n) is 11.6. The second kappa shape index (κ2) is 5.65. The number of ether oxygens (including phenoxy) is 3. The van der Waals surface area contributed by atoms with Crippen molar-refractivity contribution in [3.8, 4) is 5.75 Å². The van der Waals surface area contributed by atoms with E-state index in [0.29, 0.717) is 6.61 Å². The molecule has 1 saturated heterocycles. The van der Waals surface area contributed by atoms with Gasteiger partial charge in [0, 0.05) is 5.56 Å². The van der Waals surface area contributed by atoms with Crippen LogP contribution in [-0.4, -0.2) is 31.4 Å². The molecular weight excluding hydrogens is 289 g/mol. The molecule has 1 fully saturated rings. The van der Waals surface area contributed by atoms with E-state index in [4.69, 9.17) is 14.2 Å². The molecule has 0 radical (unpaired) electrons. The predicted molar refractivity (Wildman–Crippen MR) is 67.2 cm³/mol. The van der Waals surface area contributed by atoms with Crippen LogP contribution in [0.1, 0.15) is 29.8 Å². The lowest BCUT2D eigenvalue weighted by Crippen LogP contribution is -2.25. The van der Waals surface area contributed by atoms with Gasteiger partial charge in [0.15, 0.2) is 12.1 Å². The average Bonchev–Trinajstić information content (AvgIpc) is 2.74. The third-order valence-electron chi connectivity index (χ3n) is 2.96. The van der Waals surface area contributed by atoms with Crippen molar-refractivity contribution < 1.29 is 32.2 Å². The first-order valence-corrected chi connectivity index (χ1v) is 6.32. The van der Waals surface area contributed by atoms with E-state index in [1.165, 1.54) is 6.07 Å². The Bertz CT molecular complexity index is 525. The molecular formula is C14H15F3O4. The highest BCUT2D eigenvalue weighted by Gasteiger charge is 2.35. The van der Waals surface area contributed by atoms with Crippen molar-refractivity contribution in [1.82, 2.24) is 0 Å². The van der Waals surface area contributed by atoms with Crippen molar-refractivity contribution in [3.63, 3.8) is 0 Å². The van der Waals surface area contributed by atoms with Gasteiger partial charge in [-0.15, -0.1) is 0 Å². The lowest BCUT2D eigenvalue weighted by atomic mass is 10.1. The van der Waals surface area contributed by atoms with E-state index in [-0.39, 0.29) is 24.7 Å². The molecule has 1 aromatic rings. The maximum absolute atomic E-state index is 12.8. The Morgan fingerprint density at radius 2 is 2.14 bits per heavy atom. The SMILES string of the molecule is CC1(C)OC[C@H](COc2ccc(C=O)c(C(F)(F)F)c2)O1. The van der Waals surface area contributed by atoms with Crippen LogP contribution >= 0.6 is 0 Å². The zero-order valence-corrected chi connectivity index (χ0v) is 11.6. The lowest BCUT2D eigenvalue weighted by Gasteiger charge is -2.17. The highest BCUT2D eigenvalue weighted by Crippen LogP contribution is 2.34. The maximum atomic E-state index is 12.8. The Labute approximate surface area is 119 Å². The van der Waals surface area contributed by atoms with Gasteiger partial charge in [-0.3, -0.25) is 4.79 Å². The van der Waals surface area contributed by atoms with Crippen LogP contribution in [0.3, 0.4) is 0 Å². The summed E-state index contributed by atoms with van der Waals surface area (Å²) in [4.78, 5) is 10.6. The first kappa shape index (κ1) is 15.8. The van der Waals surface area contributed by atoms with Gasteiger partial charge in [0.05, 0.1) is 12.2 Å². The van der Waals surface area contributed by atoms with Crippen LogP contribution < -0.4 is 4.74 Å². The van der Waals surface area contributed by atoms with E-state index in [9.17, 15) is 18.0 Å². The van der Waals surface area contributed by atoms with Gasteiger partial charge in [-0.1, -0.05) is 0 Å². The van der Waals surface area contributed by atoms with Crippen LogP contribution in [0.5, 0.6) is 5.75 Å². The first-order chi connectivity index (χ1) is 9.71. The highest BCUT2D eigenvalue weighted by molar-refractivity contribution is 5.78. The fraction of sp³-hybridized carbons (Fsp3) is 0.500. The van der Waals surface area contributed by atoms with Crippen LogP contribution in [-0.2, 0) is 15.7 Å². The van der Waals surface area contributed by atoms with Gasteiger partial charge in [0.2, 0.25) is 0 Å². The van der Waals surface area contributed by atoms with E-state index in [0.717, 1.165) is 12.1 Å². The Balaban J connectivity index is 2.06. The minimum absolute atomic E-state index is 0.0289. The fourth-order valence-corrected chi connectivity index (χ4v) is 2.01. The molecule has 21 heavy (non-hydrogen) atoms. The standard InChI is InChI=1S/C14H15F3O4/c1-13(2)20-8-11(21-13)7-19-10-4-3-9(6-18)12(5-10)14(15,16)17/h3-6,11H,7-8H2,1-2H3/t11-/m0/s1. The van der Waals surface area contributed by atoms with Crippen molar-refractivity contribution >= 4 is 6.29 Å². The molecule has 0 saturated carbocycles. The Morgan fingerprint density at radius 1 is 1.43 bits per heavy atom. The summed E-state index contributed by atoms with van der Waals surface area (Å²) in [5.41, 5.74) is -1.43. The Morgan fingerprint density at radius 3 is 2.67 bits per heavy atom. The van der Waals surface area contributed by atoms with Gasteiger partial charge >= 0.3 is 6.18 Å². The van der Waals surface area contributed by atoms with Gasteiger partial charge in [-0.25, -0.2) is 0 Å². The predicted octanol–water partition coefficient (Wildman–Crippen LogP) is 3.05. The van der Waals surface area contributed by atoms with Crippen molar-refractivity contribution in [2.45, 2.75) is 31.9 Å². The van der Waals surface area contributed by atoms with Crippen LogP contribution in [0, 0.1) is 0 Å². The first-order valence-electron chi connectivity index (χ1n) is 6.32. The van der Waals surface area contributed by atoms with Crippen molar-refractivity contribution in [2.24, 2.45) is 0 Å². The molecule has 1 heterocycles. The summed E-state index contributed by atoms with van der Waals surface area (Å²) in [5, 5.41) is 0. The van der Waals surface area contributed by atoms with Gasteiger partial charge in [-0.05, 0) is 32.0 Å². The van der Waals surface area contributed by atoms with Crippen molar-refractivity contribution in [1.29, 1.82) is 0 Å². The number of carbonyl (C=O) groups is 1. The molecule has 0 unspecified atom stereocenters. The molecule has 0 N–H and O–H groups in total. The highest BCUT2D eigenvalue weighted by atomic mass is 19.4. The van der Waals surface area contributed by atoms with E-state index < -0.39 is 23.1 Å². The minimum atomic E-state index is -4.61. The molecule has 0 aliphatic carbocycles. The smallest absolute Gasteiger partial charge is 0.417 e. The second-order valence-corrected chi connectivity index (χ2v) is 5.13. The molecule has 2 rings (SSSR count). The largest absolute Gasteiger partial charge is 0.491 e. The Kier molecular flexibility index (Phi) is 4.25. The number of hydrogen-bond donors (Lipinski definition) is 0. The molecule has 0 aromatic heterocycles. The molecule has 0 bridgehead atoms. The molecule has 4 nitrogen and oxygen atoms in total. The summed E-state index contributed by atoms with van der Waals surface area (Å²) in [7, 11) is 0. The van der Waals surface area contributed by atoms with Gasteiger partial charge < -0.3 is 14.2 Å². The summed E-state index contributed by atoms with van der Waals surface area (Å²) in [6.07, 6.45) is -4.78. The number of carbonyl (C=O) groups excluding carboxylic acids is 1. The van der Waals surface area contributed by atoms with Crippen LogP contribution in [0.4, 0.5) is 13.2 Å². The molecule has 7 heteroatoms. The molecule has 1 aromatic carbocycles. The fourth-order valence-electron chi connectivity index (χ4n) is 2.01. The third kappa shape index (κ3) is 3.95. The third-order valence-corrected chi connectivity index (χ3v) is 2.96. The molecule has 0 spiro atoms. The zero-order chi connectivity index (χ0) is 15.7. The van der Waals surface area contributed by atoms with Crippen LogP contribution in [0.2, 0.25) is 0 Å². The summed E-state index contributed by atoms with van der Waals surface area (Å²) in [6, 6.07) is 3.21. The number of benzene rings is 1. The lowest BCUT2D eigenvalue weighted by molar-refractivity contribution is -0.141. The van der Waals surface area contributed by atoms with E-state index in [1.807, 2.05) is 0 Å². The summed E-state index contributed by atoms with van der Waals surface area (Å²) in [5.74, 6) is -0.687. The van der Waals surface area contributed by atoms with E-state index >= 15 is 0 Å². The van der Waals surface area contributed by atoms with Crippen molar-refractivity contribution in [3.05, 3.63) is 29.3 Å². The number of rotatable bonds is 4. The normalized spacial score (nSPS) is 21.3. The second-order valence-electron chi connectivity index (χ2n) is 5.13. The quantitative estimate of drug-likeness (QED) is 0.802. The van der Waals surface area contributed by atoms with Gasteiger partial charge in [0.25, 0.3) is 0 Å². The number of hydrogen-bond acceptors (Lipinski definition) is 4. The molecule has 1 aliphatic heterocycles. The number of halogens is 3. The summed E-state index contributed by atoms with van der Waals surface area (Å²) in [6.45, 7) is 3.87.